The summed E-state index contributed by atoms with van der Waals surface area (Å²) < 4.78 is 0. The Morgan fingerprint density at radius 1 is 1.00 bits per heavy atom. The van der Waals surface area contributed by atoms with E-state index >= 15 is 0 Å². The molecule has 1 saturated carbocycles. The van der Waals surface area contributed by atoms with Crippen molar-refractivity contribution in [2.45, 2.75) is 77.2 Å². The highest BCUT2D eigenvalue weighted by molar-refractivity contribution is 7.99. The highest BCUT2D eigenvalue weighted by Gasteiger charge is 2.26. The van der Waals surface area contributed by atoms with E-state index in [0.29, 0.717) is 0 Å². The van der Waals surface area contributed by atoms with Crippen molar-refractivity contribution in [1.29, 1.82) is 0 Å². The zero-order valence-corrected chi connectivity index (χ0v) is 13.6. The summed E-state index contributed by atoms with van der Waals surface area (Å²) in [7, 11) is 0. The van der Waals surface area contributed by atoms with E-state index in [1.807, 2.05) is 0 Å². The Labute approximate surface area is 124 Å². The molecule has 0 aromatic rings. The normalized spacial score (nSPS) is 25.1. The number of hydrogen-bond acceptors (Lipinski definition) is 2. The van der Waals surface area contributed by atoms with Crippen LogP contribution in [0.1, 0.15) is 71.1 Å². The van der Waals surface area contributed by atoms with E-state index in [0.717, 1.165) is 17.9 Å². The third-order valence-electron chi connectivity index (χ3n) is 5.05. The van der Waals surface area contributed by atoms with Crippen LogP contribution in [0.4, 0.5) is 0 Å². The van der Waals surface area contributed by atoms with Crippen molar-refractivity contribution in [3.8, 4) is 0 Å². The molecule has 2 rings (SSSR count). The first-order valence-corrected chi connectivity index (χ1v) is 9.86. The van der Waals surface area contributed by atoms with Crippen LogP contribution in [0.2, 0.25) is 0 Å². The molecule has 2 fully saturated rings. The molecule has 1 nitrogen and oxygen atoms in total. The lowest BCUT2D eigenvalue weighted by Crippen LogP contribution is -2.38. The van der Waals surface area contributed by atoms with Gasteiger partial charge in [0.15, 0.2) is 0 Å². The van der Waals surface area contributed by atoms with E-state index in [4.69, 9.17) is 0 Å². The van der Waals surface area contributed by atoms with Crippen LogP contribution in [0.3, 0.4) is 0 Å². The molecule has 0 bridgehead atoms. The Bertz CT molecular complexity index is 217. The summed E-state index contributed by atoms with van der Waals surface area (Å²) in [6.07, 6.45) is 14.6. The number of thioether (sulfide) groups is 1. The number of nitrogens with one attached hydrogen (secondary N) is 1. The summed E-state index contributed by atoms with van der Waals surface area (Å²) in [4.78, 5) is 0. The minimum absolute atomic E-state index is 0.825. The van der Waals surface area contributed by atoms with Crippen molar-refractivity contribution < 1.29 is 0 Å². The maximum absolute atomic E-state index is 3.91. The van der Waals surface area contributed by atoms with Gasteiger partial charge in [-0.25, -0.2) is 0 Å². The molecule has 2 aliphatic rings. The molecule has 1 aliphatic heterocycles. The third kappa shape index (κ3) is 5.67. The van der Waals surface area contributed by atoms with Gasteiger partial charge in [0.1, 0.15) is 0 Å². The molecule has 1 heterocycles. The number of rotatable bonds is 6. The topological polar surface area (TPSA) is 12.0 Å². The quantitative estimate of drug-likeness (QED) is 0.699. The van der Waals surface area contributed by atoms with Crippen LogP contribution in [-0.4, -0.2) is 24.1 Å². The Balaban J connectivity index is 1.85. The Morgan fingerprint density at radius 3 is 2.32 bits per heavy atom. The van der Waals surface area contributed by atoms with Gasteiger partial charge in [0.2, 0.25) is 0 Å². The first-order chi connectivity index (χ1) is 9.40. The maximum Gasteiger partial charge on any atom is 0.00979 e. The van der Waals surface area contributed by atoms with Crippen LogP contribution >= 0.6 is 11.8 Å². The van der Waals surface area contributed by atoms with Crippen LogP contribution in [0.15, 0.2) is 0 Å². The maximum atomic E-state index is 3.91. The molecular formula is C17H33NS. The van der Waals surface area contributed by atoms with Gasteiger partial charge in [0, 0.05) is 6.04 Å². The molecule has 19 heavy (non-hydrogen) atoms. The minimum Gasteiger partial charge on any atom is -0.314 e. The molecule has 0 amide bonds. The van der Waals surface area contributed by atoms with Crippen molar-refractivity contribution in [3.05, 3.63) is 0 Å². The van der Waals surface area contributed by atoms with Crippen molar-refractivity contribution in [1.82, 2.24) is 5.32 Å². The molecule has 0 radical (unpaired) electrons. The fourth-order valence-electron chi connectivity index (χ4n) is 3.83. The van der Waals surface area contributed by atoms with Gasteiger partial charge < -0.3 is 5.32 Å². The van der Waals surface area contributed by atoms with E-state index in [2.05, 4.69) is 24.0 Å². The number of hydrogen-bond donors (Lipinski definition) is 1. The molecule has 1 N–H and O–H groups in total. The van der Waals surface area contributed by atoms with Crippen LogP contribution in [-0.2, 0) is 0 Å². The van der Waals surface area contributed by atoms with Crippen LogP contribution in [0.25, 0.3) is 0 Å². The second-order valence-corrected chi connectivity index (χ2v) is 7.83. The largest absolute Gasteiger partial charge is 0.314 e. The standard InChI is InChI=1S/C17H33NS/c1-2-11-18-17(14-15-9-12-19-13-10-15)16-7-5-3-4-6-8-16/h15-18H,2-14H2,1H3. The average molecular weight is 284 g/mol. The smallest absolute Gasteiger partial charge is 0.00979 e. The highest BCUT2D eigenvalue weighted by atomic mass is 32.2. The fraction of sp³-hybridized carbons (Fsp3) is 1.00. The second-order valence-electron chi connectivity index (χ2n) is 6.60. The van der Waals surface area contributed by atoms with Crippen molar-refractivity contribution >= 4 is 11.8 Å². The van der Waals surface area contributed by atoms with E-state index in [9.17, 15) is 0 Å². The Hall–Kier alpha value is 0.310. The van der Waals surface area contributed by atoms with Gasteiger partial charge in [-0.2, -0.15) is 11.8 Å². The molecule has 1 saturated heterocycles. The van der Waals surface area contributed by atoms with E-state index in [1.54, 1.807) is 0 Å². The zero-order chi connectivity index (χ0) is 13.3. The summed E-state index contributed by atoms with van der Waals surface area (Å²) in [5.41, 5.74) is 0. The predicted octanol–water partition coefficient (Wildman–Crippen LogP) is 4.86. The van der Waals surface area contributed by atoms with Crippen LogP contribution < -0.4 is 5.32 Å². The fourth-order valence-corrected chi connectivity index (χ4v) is 5.03. The first-order valence-electron chi connectivity index (χ1n) is 8.71. The second kappa shape index (κ2) is 9.28. The third-order valence-corrected chi connectivity index (χ3v) is 6.10. The lowest BCUT2D eigenvalue weighted by molar-refractivity contribution is 0.261. The summed E-state index contributed by atoms with van der Waals surface area (Å²) in [6, 6.07) is 0.825. The van der Waals surface area contributed by atoms with Gasteiger partial charge in [-0.3, -0.25) is 0 Å². The molecule has 1 unspecified atom stereocenters. The first kappa shape index (κ1) is 15.7. The summed E-state index contributed by atoms with van der Waals surface area (Å²) in [5.74, 6) is 4.81. The van der Waals surface area contributed by atoms with Gasteiger partial charge >= 0.3 is 0 Å². The highest BCUT2D eigenvalue weighted by Crippen LogP contribution is 2.32. The molecule has 1 atom stereocenters. The molecule has 1 aliphatic carbocycles. The molecule has 0 aromatic carbocycles. The van der Waals surface area contributed by atoms with Crippen molar-refractivity contribution in [3.63, 3.8) is 0 Å². The van der Waals surface area contributed by atoms with E-state index in [-0.39, 0.29) is 0 Å². The van der Waals surface area contributed by atoms with Gasteiger partial charge in [0.25, 0.3) is 0 Å². The van der Waals surface area contributed by atoms with Crippen LogP contribution in [0, 0.1) is 11.8 Å². The minimum atomic E-state index is 0.825. The zero-order valence-electron chi connectivity index (χ0n) is 12.8. The molecule has 112 valence electrons. The van der Waals surface area contributed by atoms with Crippen LogP contribution in [0.5, 0.6) is 0 Å². The van der Waals surface area contributed by atoms with E-state index in [1.165, 1.54) is 82.3 Å². The molecular weight excluding hydrogens is 250 g/mol. The summed E-state index contributed by atoms with van der Waals surface area (Å²) in [6.45, 7) is 3.52. The van der Waals surface area contributed by atoms with E-state index < -0.39 is 0 Å². The summed E-state index contributed by atoms with van der Waals surface area (Å²) >= 11 is 2.16. The lowest BCUT2D eigenvalue weighted by atomic mass is 9.84. The van der Waals surface area contributed by atoms with Gasteiger partial charge in [-0.1, -0.05) is 32.6 Å². The monoisotopic (exact) mass is 283 g/mol. The van der Waals surface area contributed by atoms with Gasteiger partial charge in [0.05, 0.1) is 0 Å². The molecule has 0 aromatic heterocycles. The predicted molar refractivity (Wildman–Crippen MR) is 87.9 cm³/mol. The lowest BCUT2D eigenvalue weighted by Gasteiger charge is -2.32. The van der Waals surface area contributed by atoms with Crippen molar-refractivity contribution in [2.24, 2.45) is 11.8 Å². The van der Waals surface area contributed by atoms with Gasteiger partial charge in [-0.15, -0.1) is 0 Å². The van der Waals surface area contributed by atoms with Gasteiger partial charge in [-0.05, 0) is 68.4 Å². The Morgan fingerprint density at radius 2 is 1.68 bits per heavy atom. The van der Waals surface area contributed by atoms with Crippen molar-refractivity contribution in [2.75, 3.05) is 18.1 Å². The molecule has 2 heteroatoms. The SMILES string of the molecule is CCCNC(CC1CCSCC1)C1CCCCCC1. The molecule has 0 spiro atoms. The summed E-state index contributed by atoms with van der Waals surface area (Å²) in [5, 5.41) is 3.91. The average Bonchev–Trinajstić information content (AvgIpc) is 2.73. The Kier molecular flexibility index (Phi) is 7.67.